The van der Waals surface area contributed by atoms with E-state index >= 15 is 0 Å². The fraction of sp³-hybridized carbons (Fsp3) is 0.185. The Bertz CT molecular complexity index is 1360. The summed E-state index contributed by atoms with van der Waals surface area (Å²) in [5.41, 5.74) is 5.33. The number of rotatable bonds is 5. The summed E-state index contributed by atoms with van der Waals surface area (Å²) in [6.45, 7) is 7.10. The summed E-state index contributed by atoms with van der Waals surface area (Å²) in [5, 5.41) is 2.72. The molecular weight excluding hydrogens is 432 g/mol. The van der Waals surface area contributed by atoms with Crippen molar-refractivity contribution in [2.24, 2.45) is 0 Å². The number of esters is 1. The Hall–Kier alpha value is -4.26. The number of benzene rings is 3. The van der Waals surface area contributed by atoms with Gasteiger partial charge in [0, 0.05) is 5.69 Å². The van der Waals surface area contributed by atoms with Crippen molar-refractivity contribution in [3.8, 4) is 0 Å². The second-order valence-corrected chi connectivity index (χ2v) is 8.30. The van der Waals surface area contributed by atoms with Crippen LogP contribution in [0.5, 0.6) is 0 Å². The lowest BCUT2D eigenvalue weighted by Gasteiger charge is -2.17. The molecule has 1 aliphatic rings. The number of carbonyl (C=O) groups excluding carboxylic acids is 4. The highest BCUT2D eigenvalue weighted by Crippen LogP contribution is 2.32. The minimum atomic E-state index is -0.760. The van der Waals surface area contributed by atoms with E-state index in [1.165, 1.54) is 18.2 Å². The van der Waals surface area contributed by atoms with E-state index in [1.54, 1.807) is 18.2 Å². The molecule has 7 heteroatoms. The molecule has 1 heterocycles. The van der Waals surface area contributed by atoms with E-state index in [2.05, 4.69) is 5.32 Å². The summed E-state index contributed by atoms with van der Waals surface area (Å²) < 4.78 is 5.14. The SMILES string of the molecule is Cc1cccc(NC(=O)COC(=O)c2ccc3c(c2)C(=O)N(c2cccc(C)c2C)C3=O)c1C. The van der Waals surface area contributed by atoms with Crippen molar-refractivity contribution in [3.63, 3.8) is 0 Å². The van der Waals surface area contributed by atoms with Crippen LogP contribution in [-0.4, -0.2) is 30.3 Å². The zero-order valence-corrected chi connectivity index (χ0v) is 19.4. The number of amides is 3. The quantitative estimate of drug-likeness (QED) is 0.450. The molecule has 0 atom stereocenters. The van der Waals surface area contributed by atoms with Crippen LogP contribution in [0, 0.1) is 27.7 Å². The van der Waals surface area contributed by atoms with Gasteiger partial charge in [0.2, 0.25) is 0 Å². The maximum Gasteiger partial charge on any atom is 0.338 e. The van der Waals surface area contributed by atoms with Crippen molar-refractivity contribution in [1.29, 1.82) is 0 Å². The lowest BCUT2D eigenvalue weighted by Crippen LogP contribution is -2.30. The van der Waals surface area contributed by atoms with Crippen molar-refractivity contribution in [2.75, 3.05) is 16.8 Å². The molecule has 3 aromatic carbocycles. The fourth-order valence-corrected chi connectivity index (χ4v) is 3.85. The number of fused-ring (bicyclic) bond motifs is 1. The summed E-state index contributed by atoms with van der Waals surface area (Å²) >= 11 is 0. The van der Waals surface area contributed by atoms with Gasteiger partial charge in [-0.05, 0) is 80.3 Å². The van der Waals surface area contributed by atoms with Gasteiger partial charge in [-0.1, -0.05) is 24.3 Å². The first kappa shape index (κ1) is 22.9. The monoisotopic (exact) mass is 456 g/mol. The minimum Gasteiger partial charge on any atom is -0.452 e. The largest absolute Gasteiger partial charge is 0.452 e. The minimum absolute atomic E-state index is 0.0854. The van der Waals surface area contributed by atoms with Crippen molar-refractivity contribution in [3.05, 3.63) is 93.5 Å². The highest BCUT2D eigenvalue weighted by atomic mass is 16.5. The molecule has 1 N–H and O–H groups in total. The summed E-state index contributed by atoms with van der Waals surface area (Å²) in [6.07, 6.45) is 0. The zero-order valence-electron chi connectivity index (χ0n) is 19.4. The van der Waals surface area contributed by atoms with Gasteiger partial charge in [-0.3, -0.25) is 14.4 Å². The number of ether oxygens (including phenoxy) is 1. The third kappa shape index (κ3) is 4.08. The molecule has 0 aliphatic carbocycles. The van der Waals surface area contributed by atoms with Gasteiger partial charge in [-0.2, -0.15) is 0 Å². The Kier molecular flexibility index (Phi) is 6.03. The van der Waals surface area contributed by atoms with E-state index in [-0.39, 0.29) is 16.7 Å². The summed E-state index contributed by atoms with van der Waals surface area (Å²) in [6, 6.07) is 15.1. The van der Waals surface area contributed by atoms with Gasteiger partial charge in [0.15, 0.2) is 6.61 Å². The highest BCUT2D eigenvalue weighted by molar-refractivity contribution is 6.35. The van der Waals surface area contributed by atoms with Gasteiger partial charge in [0.25, 0.3) is 17.7 Å². The van der Waals surface area contributed by atoms with Crippen LogP contribution < -0.4 is 10.2 Å². The topological polar surface area (TPSA) is 92.8 Å². The lowest BCUT2D eigenvalue weighted by molar-refractivity contribution is -0.119. The molecule has 3 aromatic rings. The standard InChI is InChI=1S/C27H24N2O5/c1-15-7-5-9-22(17(15)3)28-24(30)14-34-27(33)19-11-12-20-21(13-19)26(32)29(25(20)31)23-10-6-8-16(2)18(23)4/h5-13H,14H2,1-4H3,(H,28,30). The molecule has 0 saturated carbocycles. The second kappa shape index (κ2) is 8.94. The van der Waals surface area contributed by atoms with Crippen LogP contribution in [0.3, 0.4) is 0 Å². The molecule has 34 heavy (non-hydrogen) atoms. The van der Waals surface area contributed by atoms with Crippen molar-refractivity contribution in [2.45, 2.75) is 27.7 Å². The molecule has 0 saturated heterocycles. The van der Waals surface area contributed by atoms with Gasteiger partial charge in [-0.15, -0.1) is 0 Å². The molecule has 0 aromatic heterocycles. The molecule has 3 amide bonds. The average molecular weight is 456 g/mol. The van der Waals surface area contributed by atoms with E-state index in [9.17, 15) is 19.2 Å². The molecule has 0 bridgehead atoms. The van der Waals surface area contributed by atoms with Gasteiger partial charge >= 0.3 is 5.97 Å². The molecule has 1 aliphatic heterocycles. The van der Waals surface area contributed by atoms with Gasteiger partial charge in [-0.25, -0.2) is 9.69 Å². The first-order valence-electron chi connectivity index (χ1n) is 10.8. The molecule has 0 spiro atoms. The van der Waals surface area contributed by atoms with Crippen molar-refractivity contribution >= 4 is 35.1 Å². The smallest absolute Gasteiger partial charge is 0.338 e. The highest BCUT2D eigenvalue weighted by Gasteiger charge is 2.38. The van der Waals surface area contributed by atoms with Gasteiger partial charge in [0.1, 0.15) is 0 Å². The molecule has 0 radical (unpaired) electrons. The van der Waals surface area contributed by atoms with Crippen LogP contribution in [0.4, 0.5) is 11.4 Å². The maximum absolute atomic E-state index is 13.1. The van der Waals surface area contributed by atoms with Crippen LogP contribution in [0.1, 0.15) is 53.3 Å². The predicted molar refractivity (Wildman–Crippen MR) is 128 cm³/mol. The Morgan fingerprint density at radius 3 is 2.21 bits per heavy atom. The third-order valence-electron chi connectivity index (χ3n) is 6.15. The molecule has 0 unspecified atom stereocenters. The Morgan fingerprint density at radius 2 is 1.47 bits per heavy atom. The first-order valence-corrected chi connectivity index (χ1v) is 10.8. The Morgan fingerprint density at radius 1 is 0.824 bits per heavy atom. The fourth-order valence-electron chi connectivity index (χ4n) is 3.85. The predicted octanol–water partition coefficient (Wildman–Crippen LogP) is 4.52. The number of hydrogen-bond donors (Lipinski definition) is 1. The zero-order chi connectivity index (χ0) is 24.6. The number of aryl methyl sites for hydroxylation is 2. The van der Waals surface area contributed by atoms with Crippen LogP contribution in [0.15, 0.2) is 54.6 Å². The Labute approximate surface area is 197 Å². The van der Waals surface area contributed by atoms with Crippen molar-refractivity contribution < 1.29 is 23.9 Å². The molecule has 0 fully saturated rings. The summed E-state index contributed by atoms with van der Waals surface area (Å²) in [4.78, 5) is 51.9. The average Bonchev–Trinajstić information content (AvgIpc) is 3.06. The number of nitrogens with zero attached hydrogens (tertiary/aromatic N) is 1. The number of imide groups is 1. The number of carbonyl (C=O) groups is 4. The summed E-state index contributed by atoms with van der Waals surface area (Å²) in [5.74, 6) is -2.18. The van der Waals surface area contributed by atoms with E-state index in [0.29, 0.717) is 11.4 Å². The molecule has 7 nitrogen and oxygen atoms in total. The lowest BCUT2D eigenvalue weighted by atomic mass is 10.1. The van der Waals surface area contributed by atoms with Crippen LogP contribution in [-0.2, 0) is 9.53 Å². The van der Waals surface area contributed by atoms with E-state index in [1.807, 2.05) is 45.9 Å². The first-order chi connectivity index (χ1) is 16.2. The van der Waals surface area contributed by atoms with Crippen LogP contribution in [0.2, 0.25) is 0 Å². The summed E-state index contributed by atoms with van der Waals surface area (Å²) in [7, 11) is 0. The number of anilines is 2. The maximum atomic E-state index is 13.1. The molecule has 172 valence electrons. The van der Waals surface area contributed by atoms with Crippen LogP contribution >= 0.6 is 0 Å². The third-order valence-corrected chi connectivity index (χ3v) is 6.15. The van der Waals surface area contributed by atoms with Crippen LogP contribution in [0.25, 0.3) is 0 Å². The van der Waals surface area contributed by atoms with E-state index in [4.69, 9.17) is 4.74 Å². The van der Waals surface area contributed by atoms with E-state index in [0.717, 1.165) is 27.2 Å². The number of nitrogens with one attached hydrogen (secondary N) is 1. The van der Waals surface area contributed by atoms with Gasteiger partial charge < -0.3 is 10.1 Å². The Balaban J connectivity index is 1.48. The van der Waals surface area contributed by atoms with E-state index < -0.39 is 30.3 Å². The number of hydrogen-bond acceptors (Lipinski definition) is 5. The molecule has 4 rings (SSSR count). The molecular formula is C27H24N2O5. The second-order valence-electron chi connectivity index (χ2n) is 8.30. The van der Waals surface area contributed by atoms with Crippen molar-refractivity contribution in [1.82, 2.24) is 0 Å². The van der Waals surface area contributed by atoms with Gasteiger partial charge in [0.05, 0.1) is 22.4 Å². The normalized spacial score (nSPS) is 12.5.